The summed E-state index contributed by atoms with van der Waals surface area (Å²) >= 11 is 0. The average Bonchev–Trinajstić information content (AvgIpc) is 2.91. The third kappa shape index (κ3) is 2.35. The minimum Gasteiger partial charge on any atom is -0.481 e. The van der Waals surface area contributed by atoms with Gasteiger partial charge in [0.25, 0.3) is 0 Å². The average molecular weight is 280 g/mol. The van der Waals surface area contributed by atoms with E-state index in [9.17, 15) is 14.7 Å². The number of benzene rings is 2. The summed E-state index contributed by atoms with van der Waals surface area (Å²) < 4.78 is 0. The summed E-state index contributed by atoms with van der Waals surface area (Å²) in [5.41, 5.74) is 4.08. The second-order valence-corrected chi connectivity index (χ2v) is 5.50. The van der Waals surface area contributed by atoms with Gasteiger partial charge in [0.1, 0.15) is 0 Å². The van der Waals surface area contributed by atoms with E-state index >= 15 is 0 Å². The van der Waals surface area contributed by atoms with Crippen molar-refractivity contribution in [2.75, 3.05) is 0 Å². The van der Waals surface area contributed by atoms with Crippen molar-refractivity contribution in [1.82, 2.24) is 0 Å². The number of ketones is 1. The van der Waals surface area contributed by atoms with Gasteiger partial charge in [-0.15, -0.1) is 0 Å². The molecule has 1 atom stereocenters. The van der Waals surface area contributed by atoms with Crippen molar-refractivity contribution in [3.8, 4) is 0 Å². The van der Waals surface area contributed by atoms with Gasteiger partial charge in [-0.05, 0) is 30.9 Å². The molecule has 0 fully saturated rings. The smallest absolute Gasteiger partial charge is 0.310 e. The molecule has 3 rings (SSSR count). The third-order valence-electron chi connectivity index (χ3n) is 4.13. The van der Waals surface area contributed by atoms with Crippen molar-refractivity contribution in [2.24, 2.45) is 0 Å². The highest BCUT2D eigenvalue weighted by molar-refractivity contribution is 6.10. The first-order valence-electron chi connectivity index (χ1n) is 7.04. The van der Waals surface area contributed by atoms with Crippen LogP contribution in [-0.2, 0) is 11.2 Å². The standard InChI is InChI=1S/C18H16O3/c1-11-5-7-12(8-6-11)17(19)15-4-2-3-13-14(15)9-10-16(13)18(20)21/h2-8,16H,9-10H2,1H3,(H,20,21)/t16-/m0/s1. The van der Waals surface area contributed by atoms with Crippen molar-refractivity contribution in [3.05, 3.63) is 70.3 Å². The van der Waals surface area contributed by atoms with Gasteiger partial charge in [-0.25, -0.2) is 0 Å². The molecule has 2 aromatic carbocycles. The SMILES string of the molecule is Cc1ccc(C(=O)c2cccc3c2CC[C@@H]3C(=O)O)cc1. The van der Waals surface area contributed by atoms with Crippen LogP contribution in [0.4, 0.5) is 0 Å². The van der Waals surface area contributed by atoms with E-state index in [1.54, 1.807) is 12.1 Å². The molecule has 106 valence electrons. The zero-order valence-corrected chi connectivity index (χ0v) is 11.8. The molecule has 0 aromatic heterocycles. The molecule has 1 aliphatic rings. The van der Waals surface area contributed by atoms with Crippen LogP contribution in [0.3, 0.4) is 0 Å². The van der Waals surface area contributed by atoms with Gasteiger partial charge in [0.2, 0.25) is 0 Å². The fourth-order valence-corrected chi connectivity index (χ4v) is 2.98. The Bertz CT molecular complexity index is 714. The van der Waals surface area contributed by atoms with Crippen LogP contribution in [0.15, 0.2) is 42.5 Å². The summed E-state index contributed by atoms with van der Waals surface area (Å²) in [7, 11) is 0. The number of carboxylic acid groups (broad SMARTS) is 1. The predicted molar refractivity (Wildman–Crippen MR) is 79.8 cm³/mol. The van der Waals surface area contributed by atoms with E-state index in [0.717, 1.165) is 16.7 Å². The fourth-order valence-electron chi connectivity index (χ4n) is 2.98. The van der Waals surface area contributed by atoms with Gasteiger partial charge < -0.3 is 5.11 Å². The van der Waals surface area contributed by atoms with Crippen LogP contribution in [0, 0.1) is 6.92 Å². The lowest BCUT2D eigenvalue weighted by Crippen LogP contribution is -2.09. The summed E-state index contributed by atoms with van der Waals surface area (Å²) in [4.78, 5) is 23.9. The Kier molecular flexibility index (Phi) is 3.34. The van der Waals surface area contributed by atoms with E-state index in [-0.39, 0.29) is 5.78 Å². The van der Waals surface area contributed by atoms with E-state index in [4.69, 9.17) is 0 Å². The number of aliphatic carboxylic acids is 1. The Morgan fingerprint density at radius 1 is 1.10 bits per heavy atom. The highest BCUT2D eigenvalue weighted by Crippen LogP contribution is 2.35. The summed E-state index contributed by atoms with van der Waals surface area (Å²) in [6.07, 6.45) is 1.23. The summed E-state index contributed by atoms with van der Waals surface area (Å²) in [6, 6.07) is 12.9. The normalized spacial score (nSPS) is 16.5. The molecule has 1 aliphatic carbocycles. The lowest BCUT2D eigenvalue weighted by Gasteiger charge is -2.09. The zero-order valence-electron chi connectivity index (χ0n) is 11.8. The van der Waals surface area contributed by atoms with Gasteiger partial charge in [0, 0.05) is 11.1 Å². The summed E-state index contributed by atoms with van der Waals surface area (Å²) in [5.74, 6) is -1.32. The fraction of sp³-hybridized carbons (Fsp3) is 0.222. The highest BCUT2D eigenvalue weighted by atomic mass is 16.4. The number of rotatable bonds is 3. The second kappa shape index (κ2) is 5.17. The second-order valence-electron chi connectivity index (χ2n) is 5.50. The minimum atomic E-state index is -0.811. The molecule has 3 nitrogen and oxygen atoms in total. The molecule has 1 N–H and O–H groups in total. The van der Waals surface area contributed by atoms with Gasteiger partial charge in [-0.3, -0.25) is 9.59 Å². The molecule has 0 spiro atoms. The maximum absolute atomic E-state index is 12.6. The summed E-state index contributed by atoms with van der Waals surface area (Å²) in [5, 5.41) is 9.25. The number of hydrogen-bond acceptors (Lipinski definition) is 2. The highest BCUT2D eigenvalue weighted by Gasteiger charge is 2.31. The Balaban J connectivity index is 2.03. The predicted octanol–water partition coefficient (Wildman–Crippen LogP) is 3.34. The molecule has 0 radical (unpaired) electrons. The molecule has 21 heavy (non-hydrogen) atoms. The number of carboxylic acids is 1. The molecule has 2 aromatic rings. The van der Waals surface area contributed by atoms with Crippen LogP contribution in [0.5, 0.6) is 0 Å². The Morgan fingerprint density at radius 3 is 2.48 bits per heavy atom. The van der Waals surface area contributed by atoms with Gasteiger partial charge in [-0.1, -0.05) is 48.0 Å². The van der Waals surface area contributed by atoms with Crippen LogP contribution < -0.4 is 0 Å². The third-order valence-corrected chi connectivity index (χ3v) is 4.13. The lowest BCUT2D eigenvalue weighted by atomic mass is 9.94. The molecule has 0 amide bonds. The zero-order chi connectivity index (χ0) is 15.0. The minimum absolute atomic E-state index is 0.0297. The van der Waals surface area contributed by atoms with Gasteiger partial charge in [-0.2, -0.15) is 0 Å². The Morgan fingerprint density at radius 2 is 1.81 bits per heavy atom. The van der Waals surface area contributed by atoms with Gasteiger partial charge in [0.05, 0.1) is 5.92 Å². The van der Waals surface area contributed by atoms with Crippen LogP contribution in [0.1, 0.15) is 45.0 Å². The van der Waals surface area contributed by atoms with E-state index in [1.807, 2.05) is 37.3 Å². The molecular weight excluding hydrogens is 264 g/mol. The van der Waals surface area contributed by atoms with Crippen LogP contribution >= 0.6 is 0 Å². The quantitative estimate of drug-likeness (QED) is 0.877. The number of fused-ring (bicyclic) bond motifs is 1. The molecular formula is C18H16O3. The monoisotopic (exact) mass is 280 g/mol. The first-order valence-corrected chi connectivity index (χ1v) is 7.04. The van der Waals surface area contributed by atoms with E-state index in [1.165, 1.54) is 0 Å². The molecule has 0 saturated carbocycles. The van der Waals surface area contributed by atoms with E-state index in [2.05, 4.69) is 0 Å². The summed E-state index contributed by atoms with van der Waals surface area (Å²) in [6.45, 7) is 1.98. The van der Waals surface area contributed by atoms with E-state index in [0.29, 0.717) is 24.0 Å². The maximum atomic E-state index is 12.6. The lowest BCUT2D eigenvalue weighted by molar-refractivity contribution is -0.138. The maximum Gasteiger partial charge on any atom is 0.310 e. The number of hydrogen-bond donors (Lipinski definition) is 1. The molecule has 0 unspecified atom stereocenters. The van der Waals surface area contributed by atoms with Gasteiger partial charge >= 0.3 is 5.97 Å². The van der Waals surface area contributed by atoms with Crippen LogP contribution in [-0.4, -0.2) is 16.9 Å². The molecule has 0 saturated heterocycles. The number of aryl methyl sites for hydroxylation is 1. The number of carbonyl (C=O) groups excluding carboxylic acids is 1. The van der Waals surface area contributed by atoms with E-state index < -0.39 is 11.9 Å². The van der Waals surface area contributed by atoms with Crippen molar-refractivity contribution < 1.29 is 14.7 Å². The number of carbonyl (C=O) groups is 2. The van der Waals surface area contributed by atoms with Crippen molar-refractivity contribution >= 4 is 11.8 Å². The molecule has 3 heteroatoms. The largest absolute Gasteiger partial charge is 0.481 e. The molecule has 0 heterocycles. The topological polar surface area (TPSA) is 54.4 Å². The molecule has 0 aliphatic heterocycles. The van der Waals surface area contributed by atoms with Crippen molar-refractivity contribution in [2.45, 2.75) is 25.7 Å². The van der Waals surface area contributed by atoms with Gasteiger partial charge in [0.15, 0.2) is 5.78 Å². The van der Waals surface area contributed by atoms with Crippen LogP contribution in [0.2, 0.25) is 0 Å². The Labute approximate surface area is 123 Å². The van der Waals surface area contributed by atoms with Crippen molar-refractivity contribution in [3.63, 3.8) is 0 Å². The molecule has 0 bridgehead atoms. The first kappa shape index (κ1) is 13.6. The first-order chi connectivity index (χ1) is 10.1. The van der Waals surface area contributed by atoms with Crippen LogP contribution in [0.25, 0.3) is 0 Å². The van der Waals surface area contributed by atoms with Crippen molar-refractivity contribution in [1.29, 1.82) is 0 Å². The Hall–Kier alpha value is -2.42.